The minimum atomic E-state index is -2.96. The van der Waals surface area contributed by atoms with E-state index in [9.17, 15) is 13.2 Å². The summed E-state index contributed by atoms with van der Waals surface area (Å²) < 4.78 is 25.6. The molecule has 6 heteroatoms. The number of sulfone groups is 1. The first kappa shape index (κ1) is 19.0. The Hall–Kier alpha value is -2.34. The van der Waals surface area contributed by atoms with Crippen molar-refractivity contribution in [2.75, 3.05) is 16.8 Å². The fourth-order valence-corrected chi connectivity index (χ4v) is 6.31. The van der Waals surface area contributed by atoms with E-state index in [0.29, 0.717) is 12.5 Å². The summed E-state index contributed by atoms with van der Waals surface area (Å²) in [6.07, 6.45) is 0.833. The predicted molar refractivity (Wildman–Crippen MR) is 115 cm³/mol. The molecule has 2 aromatic carbocycles. The molecule has 148 valence electrons. The van der Waals surface area contributed by atoms with Gasteiger partial charge in [0, 0.05) is 40.0 Å². The number of anilines is 1. The Labute approximate surface area is 165 Å². The number of carbonyl (C=O) groups is 1. The van der Waals surface area contributed by atoms with Crippen LogP contribution in [0.2, 0.25) is 0 Å². The molecule has 28 heavy (non-hydrogen) atoms. The van der Waals surface area contributed by atoms with E-state index in [1.165, 1.54) is 10.9 Å². The van der Waals surface area contributed by atoms with E-state index in [1.54, 1.807) is 0 Å². The van der Waals surface area contributed by atoms with Gasteiger partial charge in [0.15, 0.2) is 9.84 Å². The standard InChI is InChI=1S/C22H26N2O3S/c1-14(2)24-19-7-5-4-6-17(19)22-15(3)18(8-9-20(22)24)23-21(25)12-16-10-11-28(26,27)13-16/h4-9,14,16H,10-13H2,1-3H3,(H,23,25). The summed E-state index contributed by atoms with van der Waals surface area (Å²) in [5.41, 5.74) is 4.19. The van der Waals surface area contributed by atoms with Crippen molar-refractivity contribution in [1.82, 2.24) is 4.57 Å². The van der Waals surface area contributed by atoms with Crippen molar-refractivity contribution < 1.29 is 13.2 Å². The number of rotatable bonds is 4. The number of nitrogens with one attached hydrogen (secondary N) is 1. The normalized spacial score (nSPS) is 18.9. The van der Waals surface area contributed by atoms with E-state index >= 15 is 0 Å². The van der Waals surface area contributed by atoms with Gasteiger partial charge in [-0.3, -0.25) is 4.79 Å². The van der Waals surface area contributed by atoms with Gasteiger partial charge in [-0.05, 0) is 56.9 Å². The number of carbonyl (C=O) groups excluding carboxylic acids is 1. The van der Waals surface area contributed by atoms with E-state index in [4.69, 9.17) is 0 Å². The van der Waals surface area contributed by atoms with Crippen LogP contribution in [0.4, 0.5) is 5.69 Å². The van der Waals surface area contributed by atoms with Gasteiger partial charge in [0.2, 0.25) is 5.91 Å². The second-order valence-corrected chi connectivity index (χ2v) is 10.4. The molecule has 1 N–H and O–H groups in total. The lowest BCUT2D eigenvalue weighted by molar-refractivity contribution is -0.116. The maximum atomic E-state index is 12.5. The van der Waals surface area contributed by atoms with E-state index in [-0.39, 0.29) is 29.8 Å². The molecule has 5 nitrogen and oxygen atoms in total. The Morgan fingerprint density at radius 2 is 1.93 bits per heavy atom. The molecule has 1 aliphatic rings. The molecule has 1 amide bonds. The van der Waals surface area contributed by atoms with Gasteiger partial charge in [0.05, 0.1) is 11.5 Å². The minimum Gasteiger partial charge on any atom is -0.338 e. The molecule has 0 bridgehead atoms. The van der Waals surface area contributed by atoms with E-state index < -0.39 is 9.84 Å². The molecule has 1 aromatic heterocycles. The first-order valence-corrected chi connectivity index (χ1v) is 11.6. The second-order valence-electron chi connectivity index (χ2n) is 8.13. The maximum absolute atomic E-state index is 12.5. The van der Waals surface area contributed by atoms with Gasteiger partial charge in [0.25, 0.3) is 0 Å². The lowest BCUT2D eigenvalue weighted by atomic mass is 10.0. The number of hydrogen-bond donors (Lipinski definition) is 1. The van der Waals surface area contributed by atoms with Crippen molar-refractivity contribution in [2.45, 2.75) is 39.7 Å². The molecule has 0 spiro atoms. The lowest BCUT2D eigenvalue weighted by Crippen LogP contribution is -2.18. The number of aromatic nitrogens is 1. The molecule has 0 saturated carbocycles. The number of fused-ring (bicyclic) bond motifs is 3. The SMILES string of the molecule is Cc1c(NC(=O)CC2CCS(=O)(=O)C2)ccc2c1c1ccccc1n2C(C)C. The first-order chi connectivity index (χ1) is 13.3. The molecule has 2 heterocycles. The highest BCUT2D eigenvalue weighted by molar-refractivity contribution is 7.91. The van der Waals surface area contributed by atoms with Crippen molar-refractivity contribution in [3.8, 4) is 0 Å². The summed E-state index contributed by atoms with van der Waals surface area (Å²) in [5, 5.41) is 5.36. The topological polar surface area (TPSA) is 68.2 Å². The first-order valence-electron chi connectivity index (χ1n) is 9.79. The Morgan fingerprint density at radius 3 is 2.61 bits per heavy atom. The molecule has 0 aliphatic carbocycles. The van der Waals surface area contributed by atoms with Gasteiger partial charge in [-0.15, -0.1) is 0 Å². The van der Waals surface area contributed by atoms with Gasteiger partial charge in [-0.25, -0.2) is 8.42 Å². The lowest BCUT2D eigenvalue weighted by Gasteiger charge is -2.14. The molecule has 1 aliphatic heterocycles. The van der Waals surface area contributed by atoms with Crippen LogP contribution in [0.15, 0.2) is 36.4 Å². The average Bonchev–Trinajstić information content (AvgIpc) is 3.14. The zero-order valence-electron chi connectivity index (χ0n) is 16.5. The molecule has 4 rings (SSSR count). The van der Waals surface area contributed by atoms with Gasteiger partial charge < -0.3 is 9.88 Å². The number of hydrogen-bond acceptors (Lipinski definition) is 3. The van der Waals surface area contributed by atoms with E-state index in [2.05, 4.69) is 41.9 Å². The zero-order valence-corrected chi connectivity index (χ0v) is 17.3. The molecule has 1 saturated heterocycles. The van der Waals surface area contributed by atoms with Crippen molar-refractivity contribution >= 4 is 43.2 Å². The molecule has 0 radical (unpaired) electrons. The number of para-hydroxylation sites is 1. The third-order valence-electron chi connectivity index (χ3n) is 5.73. The van der Waals surface area contributed by atoms with Gasteiger partial charge in [0.1, 0.15) is 0 Å². The van der Waals surface area contributed by atoms with Crippen LogP contribution in [0.25, 0.3) is 21.8 Å². The van der Waals surface area contributed by atoms with E-state index in [1.807, 2.05) is 25.1 Å². The van der Waals surface area contributed by atoms with Crippen LogP contribution in [0.1, 0.15) is 38.3 Å². The summed E-state index contributed by atoms with van der Waals surface area (Å²) in [7, 11) is -2.96. The average molecular weight is 399 g/mol. The van der Waals surface area contributed by atoms with Crippen molar-refractivity contribution in [3.05, 3.63) is 42.0 Å². The summed E-state index contributed by atoms with van der Waals surface area (Å²) in [6.45, 7) is 6.38. The van der Waals surface area contributed by atoms with Crippen LogP contribution in [0, 0.1) is 12.8 Å². The number of amides is 1. The van der Waals surface area contributed by atoms with Crippen LogP contribution in [0.5, 0.6) is 0 Å². The smallest absolute Gasteiger partial charge is 0.224 e. The Balaban J connectivity index is 1.68. The largest absolute Gasteiger partial charge is 0.338 e. The quantitative estimate of drug-likeness (QED) is 0.706. The molecule has 1 unspecified atom stereocenters. The minimum absolute atomic E-state index is 0.0723. The Kier molecular flexibility index (Phi) is 4.70. The van der Waals surface area contributed by atoms with Crippen molar-refractivity contribution in [3.63, 3.8) is 0 Å². The van der Waals surface area contributed by atoms with Crippen LogP contribution in [0.3, 0.4) is 0 Å². The molecule has 1 fully saturated rings. The molecule has 3 aromatic rings. The number of benzene rings is 2. The van der Waals surface area contributed by atoms with Gasteiger partial charge in [-0.2, -0.15) is 0 Å². The van der Waals surface area contributed by atoms with Crippen molar-refractivity contribution in [1.29, 1.82) is 0 Å². The monoisotopic (exact) mass is 398 g/mol. The van der Waals surface area contributed by atoms with Crippen molar-refractivity contribution in [2.24, 2.45) is 5.92 Å². The Morgan fingerprint density at radius 1 is 1.18 bits per heavy atom. The molecular formula is C22H26N2O3S. The third kappa shape index (κ3) is 3.30. The van der Waals surface area contributed by atoms with E-state index in [0.717, 1.165) is 22.2 Å². The highest BCUT2D eigenvalue weighted by Crippen LogP contribution is 2.36. The van der Waals surface area contributed by atoms with Crippen LogP contribution >= 0.6 is 0 Å². The summed E-state index contributed by atoms with van der Waals surface area (Å²) >= 11 is 0. The fourth-order valence-electron chi connectivity index (χ4n) is 4.45. The highest BCUT2D eigenvalue weighted by Gasteiger charge is 2.29. The zero-order chi connectivity index (χ0) is 20.1. The summed E-state index contributed by atoms with van der Waals surface area (Å²) in [5.74, 6) is 0.138. The van der Waals surface area contributed by atoms with Crippen LogP contribution in [-0.4, -0.2) is 30.4 Å². The number of aryl methyl sites for hydroxylation is 1. The summed E-state index contributed by atoms with van der Waals surface area (Å²) in [4.78, 5) is 12.5. The highest BCUT2D eigenvalue weighted by atomic mass is 32.2. The second kappa shape index (κ2) is 6.92. The molecular weight excluding hydrogens is 372 g/mol. The number of nitrogens with zero attached hydrogens (tertiary/aromatic N) is 1. The van der Waals surface area contributed by atoms with Gasteiger partial charge in [-0.1, -0.05) is 18.2 Å². The Bertz CT molecular complexity index is 1180. The van der Waals surface area contributed by atoms with Crippen LogP contribution in [-0.2, 0) is 14.6 Å². The maximum Gasteiger partial charge on any atom is 0.224 e. The molecule has 1 atom stereocenters. The third-order valence-corrected chi connectivity index (χ3v) is 7.56. The fraction of sp³-hybridized carbons (Fsp3) is 0.409. The predicted octanol–water partition coefficient (Wildman–Crippen LogP) is 4.45. The summed E-state index contributed by atoms with van der Waals surface area (Å²) in [6, 6.07) is 12.7. The van der Waals surface area contributed by atoms with Gasteiger partial charge >= 0.3 is 0 Å². The van der Waals surface area contributed by atoms with Crippen LogP contribution < -0.4 is 5.32 Å².